The van der Waals surface area contributed by atoms with Gasteiger partial charge in [0.25, 0.3) is 10.0 Å². The fraction of sp³-hybridized carbons (Fsp3) is 0.375. The van der Waals surface area contributed by atoms with E-state index in [-0.39, 0.29) is 23.4 Å². The molecule has 0 radical (unpaired) electrons. The minimum absolute atomic E-state index is 0.0478. The Labute approximate surface area is 253 Å². The van der Waals surface area contributed by atoms with Crippen molar-refractivity contribution in [1.82, 2.24) is 10.2 Å². The fourth-order valence-corrected chi connectivity index (χ4v) is 6.80. The van der Waals surface area contributed by atoms with Crippen LogP contribution in [0.5, 0.6) is 5.75 Å². The van der Waals surface area contributed by atoms with E-state index in [9.17, 15) is 18.0 Å². The number of sulfonamides is 1. The Bertz CT molecular complexity index is 1520. The Morgan fingerprint density at radius 2 is 1.69 bits per heavy atom. The molecular weight excluding hydrogens is 574 g/mol. The average Bonchev–Trinajstić information content (AvgIpc) is 3.49. The maximum atomic E-state index is 14.2. The van der Waals surface area contributed by atoms with Crippen molar-refractivity contribution < 1.29 is 22.7 Å². The summed E-state index contributed by atoms with van der Waals surface area (Å²) in [6.45, 7) is 4.81. The van der Waals surface area contributed by atoms with Crippen LogP contribution < -0.4 is 14.4 Å². The lowest BCUT2D eigenvalue weighted by Gasteiger charge is -2.33. The van der Waals surface area contributed by atoms with Crippen LogP contribution in [-0.4, -0.2) is 50.9 Å². The summed E-state index contributed by atoms with van der Waals surface area (Å²) >= 11 is 6.40. The van der Waals surface area contributed by atoms with Gasteiger partial charge in [0.05, 0.1) is 17.7 Å². The zero-order valence-electron chi connectivity index (χ0n) is 24.5. The molecule has 0 saturated heterocycles. The Morgan fingerprint density at radius 3 is 2.36 bits per heavy atom. The number of carbonyl (C=O) groups is 2. The zero-order chi connectivity index (χ0) is 30.4. The average molecular weight is 612 g/mol. The summed E-state index contributed by atoms with van der Waals surface area (Å²) in [5.74, 6) is -0.187. The van der Waals surface area contributed by atoms with E-state index in [0.717, 1.165) is 41.1 Å². The van der Waals surface area contributed by atoms with Crippen LogP contribution in [0.4, 0.5) is 5.69 Å². The number of aryl methyl sites for hydroxylation is 1. The maximum absolute atomic E-state index is 14.2. The van der Waals surface area contributed by atoms with Crippen molar-refractivity contribution in [1.29, 1.82) is 0 Å². The van der Waals surface area contributed by atoms with Gasteiger partial charge in [0, 0.05) is 17.6 Å². The van der Waals surface area contributed by atoms with Crippen LogP contribution >= 0.6 is 11.6 Å². The summed E-state index contributed by atoms with van der Waals surface area (Å²) in [6.07, 6.45) is 3.91. The quantitative estimate of drug-likeness (QED) is 0.303. The Morgan fingerprint density at radius 1 is 1.02 bits per heavy atom. The topological polar surface area (TPSA) is 96.0 Å². The van der Waals surface area contributed by atoms with E-state index in [0.29, 0.717) is 22.0 Å². The smallest absolute Gasteiger partial charge is 0.264 e. The third-order valence-corrected chi connectivity index (χ3v) is 9.93. The van der Waals surface area contributed by atoms with Gasteiger partial charge >= 0.3 is 0 Å². The number of hydrogen-bond acceptors (Lipinski definition) is 5. The standard InChI is InChI=1S/C32H38ClN3O5S/c1-22-15-17-28(18-16-22)42(39,40)36(30-14-8-13-29(33)23(30)2)21-31(37)35(20-25-9-7-12-27(19-25)41-4)24(3)32(38)34-26-10-5-6-11-26/h7-9,12-19,24,26H,5-6,10-11,20-21H2,1-4H3,(H,34,38)/t24-/m1/s1. The van der Waals surface area contributed by atoms with Gasteiger partial charge in [0.2, 0.25) is 11.8 Å². The molecule has 2 amide bonds. The Kier molecular flexibility index (Phi) is 10.2. The van der Waals surface area contributed by atoms with E-state index in [1.165, 1.54) is 17.0 Å². The number of benzene rings is 3. The van der Waals surface area contributed by atoms with Crippen molar-refractivity contribution in [3.05, 3.63) is 88.4 Å². The normalized spacial score (nSPS) is 14.3. The number of nitrogens with one attached hydrogen (secondary N) is 1. The lowest BCUT2D eigenvalue weighted by Crippen LogP contribution is -2.52. The number of amides is 2. The second-order valence-electron chi connectivity index (χ2n) is 10.7. The summed E-state index contributed by atoms with van der Waals surface area (Å²) in [5, 5.41) is 3.45. The molecule has 8 nitrogen and oxygen atoms in total. The Hall–Kier alpha value is -3.56. The Balaban J connectivity index is 1.72. The number of anilines is 1. The summed E-state index contributed by atoms with van der Waals surface area (Å²) in [7, 11) is -2.62. The number of nitrogens with zero attached hydrogens (tertiary/aromatic N) is 2. The molecule has 10 heteroatoms. The molecule has 1 saturated carbocycles. The molecular formula is C32H38ClN3O5S. The van der Waals surface area contributed by atoms with Crippen LogP contribution in [0.15, 0.2) is 71.6 Å². The van der Waals surface area contributed by atoms with Gasteiger partial charge in [0.1, 0.15) is 18.3 Å². The molecule has 3 aromatic rings. The van der Waals surface area contributed by atoms with E-state index in [1.54, 1.807) is 63.4 Å². The van der Waals surface area contributed by atoms with Crippen LogP contribution in [0.1, 0.15) is 49.3 Å². The minimum atomic E-state index is -4.18. The van der Waals surface area contributed by atoms with E-state index in [4.69, 9.17) is 16.3 Å². The second-order valence-corrected chi connectivity index (χ2v) is 13.0. The predicted molar refractivity (Wildman–Crippen MR) is 165 cm³/mol. The van der Waals surface area contributed by atoms with Gasteiger partial charge in [-0.2, -0.15) is 0 Å². The van der Waals surface area contributed by atoms with Crippen molar-refractivity contribution in [3.8, 4) is 5.75 Å². The van der Waals surface area contributed by atoms with E-state index in [1.807, 2.05) is 19.1 Å². The lowest BCUT2D eigenvalue weighted by molar-refractivity contribution is -0.139. The van der Waals surface area contributed by atoms with Crippen LogP contribution in [0.2, 0.25) is 5.02 Å². The van der Waals surface area contributed by atoms with Gasteiger partial charge in [0.15, 0.2) is 0 Å². The molecule has 0 bridgehead atoms. The number of methoxy groups -OCH3 is 1. The fourth-order valence-electron chi connectivity index (χ4n) is 5.16. The molecule has 42 heavy (non-hydrogen) atoms. The maximum Gasteiger partial charge on any atom is 0.264 e. The molecule has 1 N–H and O–H groups in total. The summed E-state index contributed by atoms with van der Waals surface area (Å²) < 4.78 is 34.6. The van der Waals surface area contributed by atoms with Crippen LogP contribution in [0, 0.1) is 13.8 Å². The molecule has 0 heterocycles. The molecule has 3 aromatic carbocycles. The van der Waals surface area contributed by atoms with Gasteiger partial charge in [-0.1, -0.05) is 60.3 Å². The highest BCUT2D eigenvalue weighted by atomic mass is 35.5. The first-order valence-electron chi connectivity index (χ1n) is 14.1. The predicted octanol–water partition coefficient (Wildman–Crippen LogP) is 5.64. The van der Waals surface area contributed by atoms with Crippen molar-refractivity contribution >= 4 is 39.1 Å². The summed E-state index contributed by atoms with van der Waals surface area (Å²) in [6, 6.07) is 17.9. The van der Waals surface area contributed by atoms with Crippen LogP contribution in [-0.2, 0) is 26.2 Å². The number of rotatable bonds is 11. The largest absolute Gasteiger partial charge is 0.497 e. The van der Waals surface area contributed by atoms with Gasteiger partial charge in [-0.15, -0.1) is 0 Å². The highest BCUT2D eigenvalue weighted by Gasteiger charge is 2.34. The highest BCUT2D eigenvalue weighted by Crippen LogP contribution is 2.31. The molecule has 1 aliphatic carbocycles. The van der Waals surface area contributed by atoms with Crippen molar-refractivity contribution in [2.24, 2.45) is 0 Å². The summed E-state index contributed by atoms with van der Waals surface area (Å²) in [5.41, 5.74) is 2.46. The first-order valence-corrected chi connectivity index (χ1v) is 15.9. The number of ether oxygens (including phenoxy) is 1. The molecule has 1 atom stereocenters. The van der Waals surface area contributed by atoms with Gasteiger partial charge in [-0.25, -0.2) is 8.42 Å². The van der Waals surface area contributed by atoms with E-state index < -0.39 is 28.5 Å². The zero-order valence-corrected chi connectivity index (χ0v) is 26.0. The van der Waals surface area contributed by atoms with Gasteiger partial charge in [-0.05, 0) is 81.1 Å². The third-order valence-electron chi connectivity index (χ3n) is 7.75. The second kappa shape index (κ2) is 13.6. The number of halogens is 1. The molecule has 4 rings (SSSR count). The van der Waals surface area contributed by atoms with Gasteiger partial charge in [-0.3, -0.25) is 13.9 Å². The van der Waals surface area contributed by atoms with Crippen LogP contribution in [0.25, 0.3) is 0 Å². The third kappa shape index (κ3) is 7.25. The first kappa shape index (κ1) is 31.4. The molecule has 1 fully saturated rings. The molecule has 0 aromatic heterocycles. The van der Waals surface area contributed by atoms with Crippen molar-refractivity contribution in [2.45, 2.75) is 70.0 Å². The van der Waals surface area contributed by atoms with Crippen molar-refractivity contribution in [3.63, 3.8) is 0 Å². The molecule has 1 aliphatic rings. The molecule has 224 valence electrons. The van der Waals surface area contributed by atoms with Gasteiger partial charge < -0.3 is 15.0 Å². The minimum Gasteiger partial charge on any atom is -0.497 e. The van der Waals surface area contributed by atoms with E-state index in [2.05, 4.69) is 5.32 Å². The SMILES string of the molecule is COc1cccc(CN(C(=O)CN(c2cccc(Cl)c2C)S(=O)(=O)c2ccc(C)cc2)[C@H](C)C(=O)NC2CCCC2)c1. The number of hydrogen-bond donors (Lipinski definition) is 1. The first-order chi connectivity index (χ1) is 20.0. The molecule has 0 spiro atoms. The highest BCUT2D eigenvalue weighted by molar-refractivity contribution is 7.92. The monoisotopic (exact) mass is 611 g/mol. The van der Waals surface area contributed by atoms with Crippen molar-refractivity contribution in [2.75, 3.05) is 18.0 Å². The molecule has 0 aliphatic heterocycles. The summed E-state index contributed by atoms with van der Waals surface area (Å²) in [4.78, 5) is 29.0. The van der Waals surface area contributed by atoms with E-state index >= 15 is 0 Å². The van der Waals surface area contributed by atoms with Crippen LogP contribution in [0.3, 0.4) is 0 Å². The lowest BCUT2D eigenvalue weighted by atomic mass is 10.1. The molecule has 0 unspecified atom stereocenters. The number of carbonyl (C=O) groups excluding carboxylic acids is 2.